The molecule has 3 rings (SSSR count). The van der Waals surface area contributed by atoms with Gasteiger partial charge in [-0.2, -0.15) is 0 Å². The third kappa shape index (κ3) is 2.87. The standard InChI is InChI=1S/C12H10BrFN6O3/c13-7-5-6(1-2-8(7)14)20-11(19-22-12(20)21)9-10(16-4-3-15)18-23-17-9/h1-2,5H,3-4,15H2,(H,16,18)/i1D,2D,5D. The van der Waals surface area contributed by atoms with Gasteiger partial charge in [-0.3, -0.25) is 4.52 Å². The molecule has 2 heterocycles. The second kappa shape index (κ2) is 6.30. The molecule has 0 aliphatic carbocycles. The number of benzene rings is 1. The van der Waals surface area contributed by atoms with E-state index in [0.29, 0.717) is 6.54 Å². The Morgan fingerprint density at radius 3 is 3.04 bits per heavy atom. The minimum absolute atomic E-state index is 0.0462. The van der Waals surface area contributed by atoms with Gasteiger partial charge in [-0.15, -0.1) is 0 Å². The van der Waals surface area contributed by atoms with Crippen molar-refractivity contribution in [2.75, 3.05) is 18.4 Å². The maximum atomic E-state index is 13.9. The van der Waals surface area contributed by atoms with Crippen LogP contribution in [0.15, 0.2) is 36.5 Å². The van der Waals surface area contributed by atoms with Crippen molar-refractivity contribution in [2.45, 2.75) is 0 Å². The number of nitrogens with one attached hydrogen (secondary N) is 1. The van der Waals surface area contributed by atoms with E-state index in [1.807, 2.05) is 0 Å². The minimum Gasteiger partial charge on any atom is -0.364 e. The summed E-state index contributed by atoms with van der Waals surface area (Å²) in [7, 11) is 0. The average Bonchev–Trinajstić information content (AvgIpc) is 3.23. The summed E-state index contributed by atoms with van der Waals surface area (Å²) in [6, 6.07) is -2.04. The van der Waals surface area contributed by atoms with Crippen LogP contribution in [0.2, 0.25) is 0 Å². The van der Waals surface area contributed by atoms with Crippen LogP contribution in [0.1, 0.15) is 4.11 Å². The molecule has 1 aromatic carbocycles. The van der Waals surface area contributed by atoms with E-state index in [-0.39, 0.29) is 28.4 Å². The predicted molar refractivity (Wildman–Crippen MR) is 80.6 cm³/mol. The van der Waals surface area contributed by atoms with Crippen LogP contribution in [-0.2, 0) is 0 Å². The summed E-state index contributed by atoms with van der Waals surface area (Å²) in [4.78, 5) is 12.2. The first-order chi connectivity index (χ1) is 12.4. The molecule has 0 atom stereocenters. The number of anilines is 1. The normalized spacial score (nSPS) is 12.7. The predicted octanol–water partition coefficient (Wildman–Crippen LogP) is 1.15. The Hall–Kier alpha value is -2.53. The molecular formula is C12H10BrFN6O3. The quantitative estimate of drug-likeness (QED) is 0.667. The molecule has 3 aromatic rings. The van der Waals surface area contributed by atoms with Crippen LogP contribution >= 0.6 is 15.9 Å². The van der Waals surface area contributed by atoms with Crippen molar-refractivity contribution >= 4 is 21.7 Å². The molecule has 9 nitrogen and oxygen atoms in total. The zero-order valence-corrected chi connectivity index (χ0v) is 12.8. The topological polar surface area (TPSA) is 125 Å². The summed E-state index contributed by atoms with van der Waals surface area (Å²) in [5.41, 5.74) is 4.95. The van der Waals surface area contributed by atoms with Gasteiger partial charge in [-0.05, 0) is 44.4 Å². The Labute approximate surface area is 140 Å². The van der Waals surface area contributed by atoms with Gasteiger partial charge in [0.05, 0.1) is 14.3 Å². The highest BCUT2D eigenvalue weighted by Gasteiger charge is 2.22. The number of nitrogens with two attached hydrogens (primary N) is 1. The molecule has 0 aliphatic heterocycles. The molecule has 23 heavy (non-hydrogen) atoms. The number of hydrogen-bond acceptors (Lipinski definition) is 8. The summed E-state index contributed by atoms with van der Waals surface area (Å²) in [5.74, 6) is -2.30. The van der Waals surface area contributed by atoms with Crippen molar-refractivity contribution in [1.29, 1.82) is 0 Å². The Balaban J connectivity index is 2.27. The van der Waals surface area contributed by atoms with E-state index in [1.54, 1.807) is 0 Å². The lowest BCUT2D eigenvalue weighted by molar-refractivity contribution is 0.309. The van der Waals surface area contributed by atoms with Crippen LogP contribution in [-0.4, -0.2) is 33.1 Å². The lowest BCUT2D eigenvalue weighted by atomic mass is 10.3. The molecule has 0 spiro atoms. The van der Waals surface area contributed by atoms with Crippen LogP contribution in [0.25, 0.3) is 17.2 Å². The zero-order valence-electron chi connectivity index (χ0n) is 14.3. The SMILES string of the molecule is [2H]c1c([2H])c(-n2c(-c3nonc3NCCN)noc2=O)c([2H])c(Br)c1F. The second-order valence-electron chi connectivity index (χ2n) is 4.14. The third-order valence-electron chi connectivity index (χ3n) is 2.68. The van der Waals surface area contributed by atoms with Crippen LogP contribution in [0.5, 0.6) is 0 Å². The highest BCUT2D eigenvalue weighted by Crippen LogP contribution is 2.25. The van der Waals surface area contributed by atoms with Gasteiger partial charge in [-0.25, -0.2) is 18.4 Å². The van der Waals surface area contributed by atoms with Crippen LogP contribution < -0.4 is 16.8 Å². The molecule has 3 N–H and O–H groups in total. The van der Waals surface area contributed by atoms with Crippen molar-refractivity contribution in [2.24, 2.45) is 5.73 Å². The van der Waals surface area contributed by atoms with Crippen molar-refractivity contribution in [3.8, 4) is 17.2 Å². The van der Waals surface area contributed by atoms with Gasteiger partial charge in [-0.1, -0.05) is 5.16 Å². The van der Waals surface area contributed by atoms with Gasteiger partial charge in [0.1, 0.15) is 5.82 Å². The van der Waals surface area contributed by atoms with Crippen LogP contribution in [0.4, 0.5) is 10.2 Å². The molecule has 11 heteroatoms. The zero-order chi connectivity index (χ0) is 19.0. The highest BCUT2D eigenvalue weighted by molar-refractivity contribution is 9.10. The van der Waals surface area contributed by atoms with Crippen molar-refractivity contribution < 1.29 is 17.7 Å². The Morgan fingerprint density at radius 2 is 2.26 bits per heavy atom. The fraction of sp³-hybridized carbons (Fsp3) is 0.167. The van der Waals surface area contributed by atoms with E-state index < -0.39 is 35.4 Å². The van der Waals surface area contributed by atoms with Gasteiger partial charge in [0.25, 0.3) is 0 Å². The Morgan fingerprint density at radius 1 is 1.43 bits per heavy atom. The molecule has 2 aromatic heterocycles. The summed E-state index contributed by atoms with van der Waals surface area (Å²) in [6.45, 7) is 0.592. The van der Waals surface area contributed by atoms with E-state index in [2.05, 4.69) is 45.9 Å². The largest absolute Gasteiger partial charge is 0.446 e. The molecular weight excluding hydrogens is 375 g/mol. The lowest BCUT2D eigenvalue weighted by Crippen LogP contribution is -2.16. The van der Waals surface area contributed by atoms with E-state index in [4.69, 9.17) is 9.85 Å². The molecule has 0 saturated carbocycles. The first-order valence-corrected chi connectivity index (χ1v) is 6.98. The number of rotatable bonds is 5. The molecule has 0 saturated heterocycles. The van der Waals surface area contributed by atoms with Gasteiger partial charge < -0.3 is 11.1 Å². The minimum atomic E-state index is -1.09. The number of nitrogens with zero attached hydrogens (tertiary/aromatic N) is 4. The van der Waals surface area contributed by atoms with Gasteiger partial charge in [0.15, 0.2) is 5.69 Å². The van der Waals surface area contributed by atoms with E-state index in [1.165, 1.54) is 0 Å². The van der Waals surface area contributed by atoms with Crippen molar-refractivity contribution in [3.05, 3.63) is 39.0 Å². The summed E-state index contributed by atoms with van der Waals surface area (Å²) < 4.78 is 47.1. The summed E-state index contributed by atoms with van der Waals surface area (Å²) in [6.07, 6.45) is 0. The summed E-state index contributed by atoms with van der Waals surface area (Å²) in [5, 5.41) is 13.6. The number of hydrogen-bond donors (Lipinski definition) is 2. The van der Waals surface area contributed by atoms with Crippen LogP contribution in [0.3, 0.4) is 0 Å². The van der Waals surface area contributed by atoms with Gasteiger partial charge in [0.2, 0.25) is 11.6 Å². The molecule has 120 valence electrons. The number of halogens is 2. The average molecular weight is 388 g/mol. The van der Waals surface area contributed by atoms with Crippen molar-refractivity contribution in [1.82, 2.24) is 20.0 Å². The molecule has 0 unspecified atom stereocenters. The maximum Gasteiger partial charge on any atom is 0.446 e. The lowest BCUT2D eigenvalue weighted by Gasteiger charge is -2.05. The Bertz CT molecular complexity index is 1010. The van der Waals surface area contributed by atoms with Gasteiger partial charge >= 0.3 is 5.76 Å². The summed E-state index contributed by atoms with van der Waals surface area (Å²) >= 11 is 2.84. The molecule has 0 bridgehead atoms. The molecule has 0 amide bonds. The highest BCUT2D eigenvalue weighted by atomic mass is 79.9. The molecule has 0 fully saturated rings. The third-order valence-corrected chi connectivity index (χ3v) is 3.22. The fourth-order valence-corrected chi connectivity index (χ4v) is 2.00. The van der Waals surface area contributed by atoms with E-state index in [9.17, 15) is 9.18 Å². The smallest absolute Gasteiger partial charge is 0.364 e. The molecule has 0 radical (unpaired) electrons. The Kier molecular flexibility index (Phi) is 3.28. The maximum absolute atomic E-state index is 13.9. The fourth-order valence-electron chi connectivity index (χ4n) is 1.71. The molecule has 0 aliphatic rings. The number of aromatic nitrogens is 4. The first-order valence-electron chi connectivity index (χ1n) is 7.69. The second-order valence-corrected chi connectivity index (χ2v) is 4.93. The van der Waals surface area contributed by atoms with Gasteiger partial charge in [0, 0.05) is 13.1 Å². The van der Waals surface area contributed by atoms with Crippen molar-refractivity contribution in [3.63, 3.8) is 0 Å². The monoisotopic (exact) mass is 387 g/mol. The van der Waals surface area contributed by atoms with Crippen LogP contribution in [0, 0.1) is 5.82 Å². The first kappa shape index (κ1) is 12.0. The van der Waals surface area contributed by atoms with E-state index in [0.717, 1.165) is 4.57 Å². The van der Waals surface area contributed by atoms with E-state index >= 15 is 0 Å².